The molecule has 0 aromatic heterocycles. The first kappa shape index (κ1) is 8.05. The zero-order chi connectivity index (χ0) is 8.23. The number of hydrogen-bond donors (Lipinski definition) is 1. The van der Waals surface area contributed by atoms with E-state index in [1.165, 1.54) is 25.1 Å². The third kappa shape index (κ3) is 1.97. The monoisotopic (exact) mass is 168 g/mol. The molecular weight excluding hydrogens is 152 g/mol. The molecule has 68 valence electrons. The quantitative estimate of drug-likeness (QED) is 0.666. The molecule has 0 bridgehead atoms. The Morgan fingerprint density at radius 3 is 3.17 bits per heavy atom. The number of nitrogens with one attached hydrogen (secondary N) is 1. The summed E-state index contributed by atoms with van der Waals surface area (Å²) in [6.07, 6.45) is 5.22. The minimum absolute atomic E-state index is 0.438. The van der Waals surface area contributed by atoms with Gasteiger partial charge in [0.05, 0.1) is 11.9 Å². The Hall–Kier alpha value is -0.570. The summed E-state index contributed by atoms with van der Waals surface area (Å²) < 4.78 is 5.50. The third-order valence-electron chi connectivity index (χ3n) is 2.43. The van der Waals surface area contributed by atoms with Gasteiger partial charge in [-0.05, 0) is 19.3 Å². The van der Waals surface area contributed by atoms with Crippen molar-refractivity contribution in [2.45, 2.75) is 31.8 Å². The van der Waals surface area contributed by atoms with Gasteiger partial charge in [-0.1, -0.05) is 0 Å². The minimum atomic E-state index is 0.438. The summed E-state index contributed by atoms with van der Waals surface area (Å²) in [5, 5.41) is 3.35. The van der Waals surface area contributed by atoms with Gasteiger partial charge in [-0.2, -0.15) is 0 Å². The maximum atomic E-state index is 5.50. The molecular formula is C9H16N2O. The Morgan fingerprint density at radius 1 is 1.50 bits per heavy atom. The van der Waals surface area contributed by atoms with E-state index in [1.54, 1.807) is 0 Å². The van der Waals surface area contributed by atoms with E-state index in [9.17, 15) is 0 Å². The lowest BCUT2D eigenvalue weighted by atomic mass is 10.2. The van der Waals surface area contributed by atoms with E-state index < -0.39 is 0 Å². The molecule has 1 atom stereocenters. The molecule has 1 N–H and O–H groups in total. The molecule has 0 aromatic carbocycles. The van der Waals surface area contributed by atoms with E-state index in [-0.39, 0.29) is 0 Å². The molecule has 0 amide bonds. The predicted octanol–water partition coefficient (Wildman–Crippen LogP) is 0.947. The van der Waals surface area contributed by atoms with Crippen molar-refractivity contribution in [1.82, 2.24) is 5.32 Å². The fraction of sp³-hybridized carbons (Fsp3) is 0.889. The van der Waals surface area contributed by atoms with Crippen molar-refractivity contribution in [1.29, 1.82) is 0 Å². The summed E-state index contributed by atoms with van der Waals surface area (Å²) in [5.41, 5.74) is 0. The zero-order valence-corrected chi connectivity index (χ0v) is 7.38. The number of rotatable bonds is 2. The van der Waals surface area contributed by atoms with Crippen LogP contribution in [0.25, 0.3) is 0 Å². The Morgan fingerprint density at radius 2 is 2.50 bits per heavy atom. The van der Waals surface area contributed by atoms with Gasteiger partial charge in [0.25, 0.3) is 0 Å². The normalized spacial score (nSPS) is 29.0. The average Bonchev–Trinajstić information content (AvgIpc) is 2.74. The van der Waals surface area contributed by atoms with Crippen LogP contribution >= 0.6 is 0 Å². The van der Waals surface area contributed by atoms with Gasteiger partial charge in [-0.3, -0.25) is 4.99 Å². The second-order valence-corrected chi connectivity index (χ2v) is 3.45. The van der Waals surface area contributed by atoms with E-state index in [1.807, 2.05) is 0 Å². The molecule has 1 saturated heterocycles. The van der Waals surface area contributed by atoms with Crippen molar-refractivity contribution < 1.29 is 4.74 Å². The molecule has 3 nitrogen and oxygen atoms in total. The van der Waals surface area contributed by atoms with Crippen molar-refractivity contribution in [3.63, 3.8) is 0 Å². The van der Waals surface area contributed by atoms with Crippen molar-refractivity contribution in [2.75, 3.05) is 19.7 Å². The number of hydrogen-bond acceptors (Lipinski definition) is 3. The maximum Gasteiger partial charge on any atom is 0.0964 e. The topological polar surface area (TPSA) is 33.6 Å². The van der Waals surface area contributed by atoms with Gasteiger partial charge in [0, 0.05) is 26.1 Å². The molecule has 2 aliphatic rings. The molecule has 3 heteroatoms. The molecule has 0 saturated carbocycles. The highest BCUT2D eigenvalue weighted by atomic mass is 16.5. The molecule has 0 aliphatic carbocycles. The summed E-state index contributed by atoms with van der Waals surface area (Å²) >= 11 is 0. The Balaban J connectivity index is 1.67. The molecule has 2 heterocycles. The summed E-state index contributed by atoms with van der Waals surface area (Å²) in [7, 11) is 0. The molecule has 0 spiro atoms. The fourth-order valence-corrected chi connectivity index (χ4v) is 1.72. The SMILES string of the molecule is C1CN=C(NC[C@H]2CCCO2)C1. The summed E-state index contributed by atoms with van der Waals surface area (Å²) in [6.45, 7) is 2.91. The molecule has 2 aliphatic heterocycles. The van der Waals surface area contributed by atoms with Gasteiger partial charge in [-0.25, -0.2) is 0 Å². The van der Waals surface area contributed by atoms with Crippen molar-refractivity contribution in [3.8, 4) is 0 Å². The lowest BCUT2D eigenvalue weighted by Crippen LogP contribution is -2.30. The highest BCUT2D eigenvalue weighted by Crippen LogP contribution is 2.11. The lowest BCUT2D eigenvalue weighted by molar-refractivity contribution is 0.114. The van der Waals surface area contributed by atoms with E-state index in [0.29, 0.717) is 6.10 Å². The van der Waals surface area contributed by atoms with Crippen molar-refractivity contribution >= 4 is 5.84 Å². The average molecular weight is 168 g/mol. The van der Waals surface area contributed by atoms with Gasteiger partial charge in [0.2, 0.25) is 0 Å². The standard InChI is InChI=1S/C9H16N2O/c1-4-9(10-5-1)11-7-8-3-2-6-12-8/h8H,1-7H2,(H,10,11)/t8-/m1/s1. The molecule has 0 radical (unpaired) electrons. The lowest BCUT2D eigenvalue weighted by Gasteiger charge is -2.10. The number of nitrogens with zero attached hydrogens (tertiary/aromatic N) is 1. The van der Waals surface area contributed by atoms with E-state index >= 15 is 0 Å². The van der Waals surface area contributed by atoms with Crippen LogP contribution in [0.1, 0.15) is 25.7 Å². The van der Waals surface area contributed by atoms with Crippen molar-refractivity contribution in [2.24, 2.45) is 4.99 Å². The summed E-state index contributed by atoms with van der Waals surface area (Å²) in [4.78, 5) is 4.35. The first-order chi connectivity index (χ1) is 5.95. The van der Waals surface area contributed by atoms with Crippen LogP contribution < -0.4 is 5.32 Å². The number of amidine groups is 1. The van der Waals surface area contributed by atoms with E-state index in [2.05, 4.69) is 10.3 Å². The van der Waals surface area contributed by atoms with Crippen molar-refractivity contribution in [3.05, 3.63) is 0 Å². The first-order valence-corrected chi connectivity index (χ1v) is 4.84. The van der Waals surface area contributed by atoms with Crippen LogP contribution in [-0.4, -0.2) is 31.6 Å². The predicted molar refractivity (Wildman–Crippen MR) is 48.5 cm³/mol. The van der Waals surface area contributed by atoms with Gasteiger partial charge in [0.1, 0.15) is 0 Å². The van der Waals surface area contributed by atoms with E-state index in [4.69, 9.17) is 4.74 Å². The van der Waals surface area contributed by atoms with Crippen LogP contribution in [0.3, 0.4) is 0 Å². The van der Waals surface area contributed by atoms with Crippen LogP contribution in [0.15, 0.2) is 4.99 Å². The smallest absolute Gasteiger partial charge is 0.0964 e. The van der Waals surface area contributed by atoms with Gasteiger partial charge in [-0.15, -0.1) is 0 Å². The Kier molecular flexibility index (Phi) is 2.61. The molecule has 12 heavy (non-hydrogen) atoms. The second-order valence-electron chi connectivity index (χ2n) is 3.45. The second kappa shape index (κ2) is 3.90. The van der Waals surface area contributed by atoms with Gasteiger partial charge < -0.3 is 10.1 Å². The largest absolute Gasteiger partial charge is 0.376 e. The molecule has 1 fully saturated rings. The Bertz CT molecular complexity index is 173. The summed E-state index contributed by atoms with van der Waals surface area (Å²) in [5.74, 6) is 1.19. The summed E-state index contributed by atoms with van der Waals surface area (Å²) in [6, 6.07) is 0. The van der Waals surface area contributed by atoms with Gasteiger partial charge >= 0.3 is 0 Å². The molecule has 0 unspecified atom stereocenters. The third-order valence-corrected chi connectivity index (χ3v) is 2.43. The van der Waals surface area contributed by atoms with Gasteiger partial charge in [0.15, 0.2) is 0 Å². The molecule has 0 aromatic rings. The zero-order valence-electron chi connectivity index (χ0n) is 7.38. The minimum Gasteiger partial charge on any atom is -0.376 e. The van der Waals surface area contributed by atoms with Crippen LogP contribution in [0.5, 0.6) is 0 Å². The number of aliphatic imine (C=N–C) groups is 1. The van der Waals surface area contributed by atoms with Crippen LogP contribution in [-0.2, 0) is 4.74 Å². The Labute approximate surface area is 73.2 Å². The van der Waals surface area contributed by atoms with Crippen LogP contribution in [0, 0.1) is 0 Å². The number of ether oxygens (including phenoxy) is 1. The maximum absolute atomic E-state index is 5.50. The van der Waals surface area contributed by atoms with E-state index in [0.717, 1.165) is 26.1 Å². The van der Waals surface area contributed by atoms with Crippen LogP contribution in [0.2, 0.25) is 0 Å². The molecule has 2 rings (SSSR count). The first-order valence-electron chi connectivity index (χ1n) is 4.84. The highest BCUT2D eigenvalue weighted by molar-refractivity contribution is 5.83. The van der Waals surface area contributed by atoms with Crippen LogP contribution in [0.4, 0.5) is 0 Å². The fourth-order valence-electron chi connectivity index (χ4n) is 1.72. The highest BCUT2D eigenvalue weighted by Gasteiger charge is 2.16.